The largest absolute Gasteiger partial charge is 0.444 e. The van der Waals surface area contributed by atoms with Crippen LogP contribution < -0.4 is 5.32 Å². The topological polar surface area (TPSA) is 61.8 Å². The minimum Gasteiger partial charge on any atom is -0.444 e. The highest BCUT2D eigenvalue weighted by Gasteiger charge is 2.57. The van der Waals surface area contributed by atoms with Crippen LogP contribution in [0.2, 0.25) is 0 Å². The van der Waals surface area contributed by atoms with E-state index in [1.807, 2.05) is 81.4 Å². The molecule has 0 radical (unpaired) electrons. The number of piperidine rings is 1. The molecule has 2 atom stereocenters. The molecule has 1 saturated carbocycles. The summed E-state index contributed by atoms with van der Waals surface area (Å²) < 4.78 is 5.37. The zero-order valence-corrected chi connectivity index (χ0v) is 17.3. The van der Waals surface area contributed by atoms with Gasteiger partial charge in [0.15, 0.2) is 0 Å². The van der Waals surface area contributed by atoms with Gasteiger partial charge in [-0.3, -0.25) is 4.90 Å². The fraction of sp³-hybridized carbons (Fsp3) is 0.458. The number of β-amino-alcohol motifs (C(OH)–C–C–N with tert-alkyl or cyclic N) is 1. The average Bonchev–Trinajstić information content (AvgIpc) is 3.11. The molecule has 0 spiro atoms. The smallest absolute Gasteiger partial charge is 0.407 e. The van der Waals surface area contributed by atoms with Gasteiger partial charge in [0, 0.05) is 25.7 Å². The van der Waals surface area contributed by atoms with Crippen LogP contribution >= 0.6 is 0 Å². The van der Waals surface area contributed by atoms with Crippen LogP contribution in [0.1, 0.15) is 31.9 Å². The number of alkyl carbamates (subject to hydrolysis) is 1. The summed E-state index contributed by atoms with van der Waals surface area (Å²) in [6, 6.07) is 19.9. The van der Waals surface area contributed by atoms with E-state index in [0.717, 1.165) is 24.2 Å². The maximum atomic E-state index is 12.0. The number of benzene rings is 2. The Morgan fingerprint density at radius 3 is 1.93 bits per heavy atom. The zero-order chi connectivity index (χ0) is 20.6. The van der Waals surface area contributed by atoms with Gasteiger partial charge in [-0.1, -0.05) is 60.7 Å². The van der Waals surface area contributed by atoms with Crippen molar-refractivity contribution in [2.75, 3.05) is 19.6 Å². The van der Waals surface area contributed by atoms with Gasteiger partial charge in [0.2, 0.25) is 0 Å². The first-order chi connectivity index (χ1) is 13.8. The normalized spacial score (nSPS) is 24.1. The lowest BCUT2D eigenvalue weighted by Gasteiger charge is -2.34. The molecule has 154 valence electrons. The van der Waals surface area contributed by atoms with Gasteiger partial charge in [0.25, 0.3) is 0 Å². The molecule has 2 aromatic carbocycles. The summed E-state index contributed by atoms with van der Waals surface area (Å²) in [4.78, 5) is 14.3. The van der Waals surface area contributed by atoms with Gasteiger partial charge in [0.1, 0.15) is 11.2 Å². The lowest BCUT2D eigenvalue weighted by Crippen LogP contribution is -2.44. The molecule has 4 rings (SSSR count). The van der Waals surface area contributed by atoms with Crippen molar-refractivity contribution in [3.05, 3.63) is 71.8 Å². The summed E-state index contributed by atoms with van der Waals surface area (Å²) in [7, 11) is 0. The van der Waals surface area contributed by atoms with Crippen LogP contribution in [0.5, 0.6) is 0 Å². The maximum absolute atomic E-state index is 12.0. The molecular formula is C24H30N2O3. The van der Waals surface area contributed by atoms with E-state index in [-0.39, 0.29) is 12.1 Å². The van der Waals surface area contributed by atoms with Crippen LogP contribution in [-0.4, -0.2) is 47.4 Å². The van der Waals surface area contributed by atoms with Crippen molar-refractivity contribution in [3.8, 4) is 0 Å². The Bertz CT molecular complexity index is 796. The zero-order valence-electron chi connectivity index (χ0n) is 17.3. The van der Waals surface area contributed by atoms with E-state index in [1.54, 1.807) is 0 Å². The second kappa shape index (κ2) is 7.47. The number of nitrogens with zero attached hydrogens (tertiary/aromatic N) is 1. The first kappa shape index (κ1) is 19.9. The van der Waals surface area contributed by atoms with Crippen LogP contribution in [0, 0.1) is 11.8 Å². The van der Waals surface area contributed by atoms with Crippen molar-refractivity contribution in [2.45, 2.75) is 38.0 Å². The van der Waals surface area contributed by atoms with Gasteiger partial charge < -0.3 is 15.2 Å². The van der Waals surface area contributed by atoms with Gasteiger partial charge in [-0.2, -0.15) is 0 Å². The second-order valence-electron chi connectivity index (χ2n) is 9.29. The molecular weight excluding hydrogens is 364 g/mol. The minimum absolute atomic E-state index is 0.183. The summed E-state index contributed by atoms with van der Waals surface area (Å²) in [5.74, 6) is 0.858. The van der Waals surface area contributed by atoms with Gasteiger partial charge in [-0.15, -0.1) is 0 Å². The third-order valence-electron chi connectivity index (χ3n) is 5.91. The molecule has 1 aliphatic heterocycles. The van der Waals surface area contributed by atoms with E-state index in [4.69, 9.17) is 4.74 Å². The number of rotatable bonds is 5. The number of hydrogen-bond acceptors (Lipinski definition) is 4. The molecule has 2 unspecified atom stereocenters. The number of hydrogen-bond donors (Lipinski definition) is 2. The predicted molar refractivity (Wildman–Crippen MR) is 112 cm³/mol. The van der Waals surface area contributed by atoms with Crippen molar-refractivity contribution < 1.29 is 14.6 Å². The Morgan fingerprint density at radius 2 is 1.48 bits per heavy atom. The van der Waals surface area contributed by atoms with E-state index in [1.165, 1.54) is 0 Å². The van der Waals surface area contributed by atoms with Crippen LogP contribution in [0.25, 0.3) is 0 Å². The molecule has 29 heavy (non-hydrogen) atoms. The monoisotopic (exact) mass is 394 g/mol. The maximum Gasteiger partial charge on any atom is 0.407 e. The Labute approximate surface area is 172 Å². The van der Waals surface area contributed by atoms with Gasteiger partial charge in [0.05, 0.1) is 0 Å². The third-order valence-corrected chi connectivity index (χ3v) is 5.91. The van der Waals surface area contributed by atoms with Crippen molar-refractivity contribution in [2.24, 2.45) is 11.8 Å². The van der Waals surface area contributed by atoms with Gasteiger partial charge in [-0.05, 0) is 43.7 Å². The molecule has 1 amide bonds. The summed E-state index contributed by atoms with van der Waals surface area (Å²) >= 11 is 0. The molecule has 1 aliphatic carbocycles. The number of aliphatic hydroxyl groups is 1. The Balaban J connectivity index is 1.41. The number of carbonyl (C=O) groups is 1. The van der Waals surface area contributed by atoms with Crippen molar-refractivity contribution in [1.82, 2.24) is 10.2 Å². The lowest BCUT2D eigenvalue weighted by molar-refractivity contribution is 0.0367. The lowest BCUT2D eigenvalue weighted by atomic mass is 9.86. The first-order valence-electron chi connectivity index (χ1n) is 10.3. The Hall–Kier alpha value is -2.37. The minimum atomic E-state index is -1.06. The SMILES string of the molecule is CC(C)(C)OC(=O)NC1C2CN(CC(O)(c3ccccc3)c3ccccc3)CC21. The molecule has 0 bridgehead atoms. The third kappa shape index (κ3) is 4.31. The first-order valence-corrected chi connectivity index (χ1v) is 10.3. The van der Waals surface area contributed by atoms with E-state index < -0.39 is 11.2 Å². The molecule has 2 aliphatic rings. The van der Waals surface area contributed by atoms with E-state index in [2.05, 4.69) is 10.2 Å². The summed E-state index contributed by atoms with van der Waals surface area (Å²) in [6.07, 6.45) is -0.339. The fourth-order valence-electron chi connectivity index (χ4n) is 4.50. The highest BCUT2D eigenvalue weighted by atomic mass is 16.6. The van der Waals surface area contributed by atoms with Crippen molar-refractivity contribution in [1.29, 1.82) is 0 Å². The predicted octanol–water partition coefficient (Wildman–Crippen LogP) is 3.38. The molecule has 2 fully saturated rings. The highest BCUT2D eigenvalue weighted by Crippen LogP contribution is 2.46. The van der Waals surface area contributed by atoms with Crippen LogP contribution in [-0.2, 0) is 10.3 Å². The second-order valence-corrected chi connectivity index (χ2v) is 9.29. The standard InChI is InChI=1S/C24H30N2O3/c1-23(2,3)29-22(27)25-21-19-14-26(15-20(19)21)16-24(28,17-10-6-4-7-11-17)18-12-8-5-9-13-18/h4-13,19-21,28H,14-16H2,1-3H3,(H,25,27). The quantitative estimate of drug-likeness (QED) is 0.816. The molecule has 2 N–H and O–H groups in total. The van der Waals surface area contributed by atoms with Crippen molar-refractivity contribution >= 4 is 6.09 Å². The molecule has 0 aromatic heterocycles. The summed E-state index contributed by atoms with van der Waals surface area (Å²) in [5, 5.41) is 14.7. The van der Waals surface area contributed by atoms with Gasteiger partial charge in [-0.25, -0.2) is 4.79 Å². The number of likely N-dealkylation sites (tertiary alicyclic amines) is 1. The van der Waals surface area contributed by atoms with E-state index >= 15 is 0 Å². The molecule has 2 aromatic rings. The molecule has 1 saturated heterocycles. The molecule has 5 nitrogen and oxygen atoms in total. The number of fused-ring (bicyclic) bond motifs is 1. The fourth-order valence-corrected chi connectivity index (χ4v) is 4.50. The number of nitrogens with one attached hydrogen (secondary N) is 1. The average molecular weight is 395 g/mol. The summed E-state index contributed by atoms with van der Waals surface area (Å²) in [5.41, 5.74) is 0.250. The molecule has 1 heterocycles. The highest BCUT2D eigenvalue weighted by molar-refractivity contribution is 5.68. The van der Waals surface area contributed by atoms with Crippen molar-refractivity contribution in [3.63, 3.8) is 0 Å². The summed E-state index contributed by atoms with van der Waals surface area (Å²) in [6.45, 7) is 7.88. The number of ether oxygens (including phenoxy) is 1. The number of carbonyl (C=O) groups excluding carboxylic acids is 1. The van der Waals surface area contributed by atoms with Crippen LogP contribution in [0.4, 0.5) is 4.79 Å². The van der Waals surface area contributed by atoms with Crippen LogP contribution in [0.3, 0.4) is 0 Å². The van der Waals surface area contributed by atoms with Gasteiger partial charge >= 0.3 is 6.09 Å². The van der Waals surface area contributed by atoms with E-state index in [0.29, 0.717) is 18.4 Å². The van der Waals surface area contributed by atoms with Crippen LogP contribution in [0.15, 0.2) is 60.7 Å². The van der Waals surface area contributed by atoms with E-state index in [9.17, 15) is 9.90 Å². The molecule has 5 heteroatoms. The Morgan fingerprint density at radius 1 is 1.00 bits per heavy atom. The number of amides is 1. The Kier molecular flexibility index (Phi) is 5.13.